The molecule has 2 aromatic carbocycles. The molecule has 0 saturated heterocycles. The number of hydrogen-bond acceptors (Lipinski definition) is 10. The van der Waals surface area contributed by atoms with E-state index in [1.54, 1.807) is 107 Å². The van der Waals surface area contributed by atoms with Crippen molar-refractivity contribution in [2.75, 3.05) is 11.5 Å². The minimum Gasteiger partial charge on any atom is -0.444 e. The van der Waals surface area contributed by atoms with E-state index in [0.717, 1.165) is 32.8 Å². The fraction of sp³-hybridized carbons (Fsp3) is 0.619. The summed E-state index contributed by atoms with van der Waals surface area (Å²) in [6, 6.07) is 9.62. The molecular weight excluding hydrogens is 1040 g/mol. The van der Waals surface area contributed by atoms with Gasteiger partial charge in [0.15, 0.2) is 0 Å². The van der Waals surface area contributed by atoms with Crippen LogP contribution >= 0.6 is 45.2 Å². The number of halogens is 4. The molecule has 18 heteroatoms. The van der Waals surface area contributed by atoms with Crippen LogP contribution in [0.2, 0.25) is 0 Å². The van der Waals surface area contributed by atoms with Crippen LogP contribution in [0, 0.1) is 18.8 Å². The molecule has 2 fully saturated rings. The zero-order chi connectivity index (χ0) is 45.1. The number of ether oxygens (including phenoxy) is 2. The van der Waals surface area contributed by atoms with E-state index in [-0.39, 0.29) is 35.3 Å². The highest BCUT2D eigenvalue weighted by molar-refractivity contribution is 14.1. The first-order valence-corrected chi connectivity index (χ1v) is 25.4. The molecule has 0 radical (unpaired) electrons. The lowest BCUT2D eigenvalue weighted by atomic mass is 9.93. The summed E-state index contributed by atoms with van der Waals surface area (Å²) in [6.07, 6.45) is 2.21. The fourth-order valence-corrected chi connectivity index (χ4v) is 13.2. The summed E-state index contributed by atoms with van der Waals surface area (Å²) in [5.74, 6) is -0.270. The van der Waals surface area contributed by atoms with Crippen LogP contribution in [-0.2, 0) is 40.0 Å². The molecule has 4 atom stereocenters. The molecule has 2 N–H and O–H groups in total. The number of carbonyl (C=O) groups excluding carboxylic acids is 2. The molecule has 4 aliphatic rings. The molecule has 2 heterocycles. The standard InChI is InChI=1S/2C21H29FIN3O3S/c2*1-19(2,3)29-18(27)24-17-20(4,5)30(28,26-14-8-9-14)12-21(6,25-17)15-11-13(23)7-10-16(15)22/h2*7,10-11,14H,8-9,12H2,1-6H3,(H,24,25,27)/t21-,30+;21-,30-/m00/s1. The summed E-state index contributed by atoms with van der Waals surface area (Å²) in [6.45, 7) is 21.1. The van der Waals surface area contributed by atoms with E-state index in [9.17, 15) is 26.8 Å². The van der Waals surface area contributed by atoms with Crippen molar-refractivity contribution >= 4 is 88.5 Å². The van der Waals surface area contributed by atoms with Crippen LogP contribution in [0.4, 0.5) is 18.4 Å². The monoisotopic (exact) mass is 1100 g/mol. The zero-order valence-corrected chi connectivity index (χ0v) is 42.4. The lowest BCUT2D eigenvalue weighted by molar-refractivity contribution is 0.0548. The number of benzene rings is 2. The minimum atomic E-state index is -2.87. The molecule has 2 aromatic rings. The highest BCUT2D eigenvalue weighted by Crippen LogP contribution is 2.43. The first-order valence-electron chi connectivity index (χ1n) is 19.9. The predicted octanol–water partition coefficient (Wildman–Crippen LogP) is 9.98. The van der Waals surface area contributed by atoms with E-state index < -0.39 is 75.1 Å². The van der Waals surface area contributed by atoms with E-state index in [1.165, 1.54) is 12.1 Å². The number of amidine groups is 2. The lowest BCUT2D eigenvalue weighted by Crippen LogP contribution is -2.58. The topological polar surface area (TPSA) is 160 Å². The van der Waals surface area contributed by atoms with Gasteiger partial charge in [-0.05, 0) is 190 Å². The van der Waals surface area contributed by atoms with Gasteiger partial charge in [-0.15, -0.1) is 0 Å². The highest BCUT2D eigenvalue weighted by Gasteiger charge is 2.52. The van der Waals surface area contributed by atoms with Gasteiger partial charge in [0, 0.05) is 18.3 Å². The maximum absolute atomic E-state index is 14.8. The first-order chi connectivity index (χ1) is 27.3. The third-order valence-electron chi connectivity index (χ3n) is 10.4. The van der Waals surface area contributed by atoms with Crippen molar-refractivity contribution in [2.45, 2.75) is 153 Å². The van der Waals surface area contributed by atoms with Crippen molar-refractivity contribution in [1.29, 1.82) is 0 Å². The Bertz CT molecular complexity index is 2210. The van der Waals surface area contributed by atoms with Gasteiger partial charge >= 0.3 is 12.2 Å². The molecule has 0 aromatic heterocycles. The van der Waals surface area contributed by atoms with Crippen molar-refractivity contribution in [2.24, 2.45) is 18.7 Å². The van der Waals surface area contributed by atoms with Gasteiger partial charge in [-0.1, -0.05) is 0 Å². The molecule has 6 rings (SSSR count). The second-order valence-corrected chi connectivity index (χ2v) is 27.3. The summed E-state index contributed by atoms with van der Waals surface area (Å²) >= 11 is 4.22. The van der Waals surface area contributed by atoms with Crippen molar-refractivity contribution < 1.29 is 36.3 Å². The Labute approximate surface area is 381 Å². The Morgan fingerprint density at radius 3 is 1.27 bits per heavy atom. The highest BCUT2D eigenvalue weighted by atomic mass is 127. The quantitative estimate of drug-likeness (QED) is 0.290. The van der Waals surface area contributed by atoms with Gasteiger partial charge in [0.25, 0.3) is 0 Å². The van der Waals surface area contributed by atoms with E-state index in [4.69, 9.17) is 19.5 Å². The predicted molar refractivity (Wildman–Crippen MR) is 252 cm³/mol. The molecule has 0 spiro atoms. The summed E-state index contributed by atoms with van der Waals surface area (Å²) < 4.78 is 77.8. The number of nitrogens with one attached hydrogen (secondary N) is 2. The Morgan fingerprint density at radius 2 is 0.983 bits per heavy atom. The summed E-state index contributed by atoms with van der Waals surface area (Å²) in [4.78, 5) is 34.5. The molecule has 2 aliphatic carbocycles. The average Bonchev–Trinajstić information content (AvgIpc) is 4.02. The number of rotatable bonds is 4. The number of amides is 2. The summed E-state index contributed by atoms with van der Waals surface area (Å²) in [7, 11) is -5.75. The number of aliphatic imine (C=N–C) groups is 2. The van der Waals surface area contributed by atoms with Gasteiger partial charge in [-0.2, -0.15) is 0 Å². The van der Waals surface area contributed by atoms with E-state index in [1.807, 2.05) is 0 Å². The van der Waals surface area contributed by atoms with E-state index >= 15 is 0 Å². The average molecular weight is 1100 g/mol. The van der Waals surface area contributed by atoms with Crippen molar-refractivity contribution in [3.05, 3.63) is 66.3 Å². The van der Waals surface area contributed by atoms with Crippen LogP contribution in [0.15, 0.2) is 55.1 Å². The molecule has 332 valence electrons. The van der Waals surface area contributed by atoms with E-state index in [2.05, 4.69) is 64.5 Å². The normalized spacial score (nSPS) is 28.5. The van der Waals surface area contributed by atoms with Crippen LogP contribution in [0.3, 0.4) is 0 Å². The molecule has 2 aliphatic heterocycles. The summed E-state index contributed by atoms with van der Waals surface area (Å²) in [5.41, 5.74) is -3.00. The molecular formula is C42H58F2I2N6O6S2. The molecule has 0 unspecified atom stereocenters. The third kappa shape index (κ3) is 11.2. The van der Waals surface area contributed by atoms with Crippen LogP contribution in [0.5, 0.6) is 0 Å². The minimum absolute atomic E-state index is 0.0441. The van der Waals surface area contributed by atoms with Crippen LogP contribution < -0.4 is 10.6 Å². The number of alkyl carbamates (subject to hydrolysis) is 2. The van der Waals surface area contributed by atoms with Gasteiger partial charge in [0.05, 0.1) is 43.0 Å². The fourth-order valence-electron chi connectivity index (χ4n) is 6.69. The second-order valence-electron chi connectivity index (χ2n) is 19.2. The van der Waals surface area contributed by atoms with Crippen molar-refractivity contribution in [1.82, 2.24) is 10.6 Å². The SMILES string of the molecule is CC(C)(C)OC(=O)NC1=N[C@](C)(c2cc(I)ccc2F)C[S@@](=O)(=NC2CC2)C1(C)C.CC(C)(C)OC(=O)NC1=N[C@](C)(c2cc(I)ccc2F)C[S@](=O)(=NC2CC2)C1(C)C. The molecule has 0 bridgehead atoms. The van der Waals surface area contributed by atoms with Gasteiger partial charge in [-0.25, -0.2) is 35.5 Å². The largest absolute Gasteiger partial charge is 0.444 e. The summed E-state index contributed by atoms with van der Waals surface area (Å²) in [5, 5.41) is 5.40. The van der Waals surface area contributed by atoms with Crippen LogP contribution in [0.25, 0.3) is 0 Å². The molecule has 60 heavy (non-hydrogen) atoms. The third-order valence-corrected chi connectivity index (χ3v) is 18.5. The Balaban J connectivity index is 0.000000228. The van der Waals surface area contributed by atoms with Gasteiger partial charge in [0.2, 0.25) is 0 Å². The molecule has 12 nitrogen and oxygen atoms in total. The van der Waals surface area contributed by atoms with Crippen molar-refractivity contribution in [3.8, 4) is 0 Å². The Hall–Kier alpha value is -2.46. The molecule has 2 saturated carbocycles. The maximum atomic E-state index is 14.8. The molecule has 2 amide bonds. The smallest absolute Gasteiger partial charge is 0.413 e. The number of hydrogen-bond donors (Lipinski definition) is 2. The van der Waals surface area contributed by atoms with Gasteiger partial charge in [-0.3, -0.25) is 20.6 Å². The maximum Gasteiger partial charge on any atom is 0.413 e. The number of nitrogens with zero attached hydrogens (tertiary/aromatic N) is 4. The lowest BCUT2D eigenvalue weighted by Gasteiger charge is -2.42. The Morgan fingerprint density at radius 1 is 0.667 bits per heavy atom. The second kappa shape index (κ2) is 16.9. The van der Waals surface area contributed by atoms with Gasteiger partial charge < -0.3 is 9.47 Å². The van der Waals surface area contributed by atoms with Crippen LogP contribution in [-0.4, -0.2) is 76.6 Å². The first kappa shape index (κ1) is 48.6. The van der Waals surface area contributed by atoms with Gasteiger partial charge in [0.1, 0.15) is 55.1 Å². The number of carbonyl (C=O) groups is 2. The van der Waals surface area contributed by atoms with E-state index in [0.29, 0.717) is 11.1 Å². The van der Waals surface area contributed by atoms with Crippen molar-refractivity contribution in [3.63, 3.8) is 0 Å². The van der Waals surface area contributed by atoms with Crippen LogP contribution in [0.1, 0.15) is 120 Å². The zero-order valence-electron chi connectivity index (χ0n) is 36.4. The Kier molecular flexibility index (Phi) is 13.7.